The van der Waals surface area contributed by atoms with Crippen molar-refractivity contribution in [2.45, 2.75) is 19.4 Å². The zero-order chi connectivity index (χ0) is 17.6. The Balaban J connectivity index is 1.75. The van der Waals surface area contributed by atoms with Crippen LogP contribution in [0.4, 0.5) is 5.69 Å². The number of carbonyl (C=O) groups is 2. The Morgan fingerprint density at radius 2 is 1.76 bits per heavy atom. The van der Waals surface area contributed by atoms with Gasteiger partial charge in [-0.25, -0.2) is 0 Å². The molecule has 3 aromatic rings. The van der Waals surface area contributed by atoms with E-state index < -0.39 is 0 Å². The monoisotopic (exact) mass is 370 g/mol. The molecular weight excluding hydrogens is 352 g/mol. The van der Waals surface area contributed by atoms with Crippen LogP contribution in [0.25, 0.3) is 10.4 Å². The number of para-hydroxylation sites is 1. The zero-order valence-corrected chi connectivity index (χ0v) is 15.3. The second kappa shape index (κ2) is 8.09. The molecule has 0 spiro atoms. The molecule has 3 rings (SSSR count). The molecule has 0 radical (unpaired) electrons. The Morgan fingerprint density at radius 1 is 1.00 bits per heavy atom. The van der Waals surface area contributed by atoms with Crippen LogP contribution >= 0.6 is 22.7 Å². The van der Waals surface area contributed by atoms with E-state index in [9.17, 15) is 9.59 Å². The maximum Gasteiger partial charge on any atom is 0.226 e. The van der Waals surface area contributed by atoms with Gasteiger partial charge in [0.15, 0.2) is 0 Å². The summed E-state index contributed by atoms with van der Waals surface area (Å²) in [5, 5.41) is 9.79. The fourth-order valence-electron chi connectivity index (χ4n) is 2.58. The van der Waals surface area contributed by atoms with Crippen molar-refractivity contribution in [3.63, 3.8) is 0 Å². The van der Waals surface area contributed by atoms with Crippen LogP contribution in [-0.4, -0.2) is 11.8 Å². The average Bonchev–Trinajstić information content (AvgIpc) is 3.28. The van der Waals surface area contributed by atoms with E-state index in [0.717, 1.165) is 21.0 Å². The highest BCUT2D eigenvalue weighted by molar-refractivity contribution is 7.13. The molecule has 2 N–H and O–H groups in total. The molecule has 1 atom stereocenters. The first kappa shape index (κ1) is 17.4. The molecule has 0 unspecified atom stereocenters. The van der Waals surface area contributed by atoms with Crippen molar-refractivity contribution in [2.24, 2.45) is 0 Å². The minimum absolute atomic E-state index is 0.129. The summed E-state index contributed by atoms with van der Waals surface area (Å²) < 4.78 is 0. The average molecular weight is 370 g/mol. The van der Waals surface area contributed by atoms with Gasteiger partial charge in [-0.05, 0) is 29.0 Å². The van der Waals surface area contributed by atoms with E-state index in [1.807, 2.05) is 59.3 Å². The van der Waals surface area contributed by atoms with E-state index in [2.05, 4.69) is 10.6 Å². The quantitative estimate of drug-likeness (QED) is 0.662. The predicted octanol–water partition coefficient (Wildman–Crippen LogP) is 4.68. The van der Waals surface area contributed by atoms with Crippen LogP contribution in [-0.2, 0) is 9.59 Å². The van der Waals surface area contributed by atoms with Gasteiger partial charge in [-0.2, -0.15) is 0 Å². The molecule has 0 bridgehead atoms. The normalized spacial score (nSPS) is 11.7. The van der Waals surface area contributed by atoms with Gasteiger partial charge in [0.2, 0.25) is 11.8 Å². The topological polar surface area (TPSA) is 58.2 Å². The van der Waals surface area contributed by atoms with Crippen molar-refractivity contribution in [1.82, 2.24) is 5.32 Å². The molecule has 2 aromatic heterocycles. The molecule has 0 saturated heterocycles. The van der Waals surface area contributed by atoms with Crippen molar-refractivity contribution < 1.29 is 9.59 Å². The van der Waals surface area contributed by atoms with Crippen LogP contribution < -0.4 is 10.6 Å². The molecule has 2 heterocycles. The number of hydrogen-bond donors (Lipinski definition) is 2. The molecule has 0 fully saturated rings. The molecule has 0 aliphatic heterocycles. The van der Waals surface area contributed by atoms with Gasteiger partial charge in [-0.1, -0.05) is 30.3 Å². The lowest BCUT2D eigenvalue weighted by molar-refractivity contribution is -0.120. The lowest BCUT2D eigenvalue weighted by Crippen LogP contribution is -2.29. The van der Waals surface area contributed by atoms with Crippen LogP contribution in [0, 0.1) is 0 Å². The molecular formula is C19H18N2O2S2. The molecule has 6 heteroatoms. The van der Waals surface area contributed by atoms with E-state index >= 15 is 0 Å². The lowest BCUT2D eigenvalue weighted by Gasteiger charge is -2.17. The van der Waals surface area contributed by atoms with E-state index in [1.165, 1.54) is 18.3 Å². The number of rotatable bonds is 6. The first-order chi connectivity index (χ1) is 12.1. The highest BCUT2D eigenvalue weighted by Gasteiger charge is 2.19. The maximum atomic E-state index is 12.6. The number of nitrogens with one attached hydrogen (secondary N) is 2. The summed E-state index contributed by atoms with van der Waals surface area (Å²) in [7, 11) is 0. The third-order valence-corrected chi connectivity index (χ3v) is 5.53. The lowest BCUT2D eigenvalue weighted by atomic mass is 10.1. The van der Waals surface area contributed by atoms with E-state index in [1.54, 1.807) is 11.3 Å². The van der Waals surface area contributed by atoms with Gasteiger partial charge < -0.3 is 10.6 Å². The van der Waals surface area contributed by atoms with Crippen LogP contribution in [0.1, 0.15) is 24.3 Å². The highest BCUT2D eigenvalue weighted by Crippen LogP contribution is 2.32. The molecule has 2 amide bonds. The fraction of sp³-hybridized carbons (Fsp3) is 0.158. The largest absolute Gasteiger partial charge is 0.348 e. The number of hydrogen-bond acceptors (Lipinski definition) is 4. The predicted molar refractivity (Wildman–Crippen MR) is 104 cm³/mol. The van der Waals surface area contributed by atoms with Gasteiger partial charge in [0.25, 0.3) is 0 Å². The number of amides is 2. The first-order valence-corrected chi connectivity index (χ1v) is 9.62. The molecule has 4 nitrogen and oxygen atoms in total. The standard InChI is InChI=1S/C19H18N2O2S2/c1-13(22)20-16(18-9-5-11-25-18)12-19(23)21-15-7-3-2-6-14(15)17-8-4-10-24-17/h2-11,16H,12H2,1H3,(H,20,22)(H,21,23)/t16-/m0/s1. The van der Waals surface area contributed by atoms with E-state index in [0.29, 0.717) is 0 Å². The number of anilines is 1. The van der Waals surface area contributed by atoms with Gasteiger partial charge in [0.1, 0.15) is 0 Å². The number of carbonyl (C=O) groups excluding carboxylic acids is 2. The van der Waals surface area contributed by atoms with Crippen LogP contribution in [0.3, 0.4) is 0 Å². The summed E-state index contributed by atoms with van der Waals surface area (Å²) in [4.78, 5) is 26.1. The van der Waals surface area contributed by atoms with E-state index in [-0.39, 0.29) is 24.3 Å². The SMILES string of the molecule is CC(=O)N[C@@H](CC(=O)Nc1ccccc1-c1cccs1)c1cccs1. The second-order valence-corrected chi connectivity index (χ2v) is 7.47. The Morgan fingerprint density at radius 3 is 2.44 bits per heavy atom. The van der Waals surface area contributed by atoms with Crippen molar-refractivity contribution in [1.29, 1.82) is 0 Å². The van der Waals surface area contributed by atoms with Crippen LogP contribution in [0.2, 0.25) is 0 Å². The molecule has 25 heavy (non-hydrogen) atoms. The summed E-state index contributed by atoms with van der Waals surface area (Å²) in [6.07, 6.45) is 0.193. The number of thiophene rings is 2. The summed E-state index contributed by atoms with van der Waals surface area (Å²) in [6.45, 7) is 1.46. The fourth-order valence-corrected chi connectivity index (χ4v) is 4.13. The Hall–Kier alpha value is -2.44. The number of benzene rings is 1. The van der Waals surface area contributed by atoms with Crippen molar-refractivity contribution >= 4 is 40.2 Å². The Bertz CT molecular complexity index is 842. The summed E-state index contributed by atoms with van der Waals surface area (Å²) in [5.41, 5.74) is 1.78. The first-order valence-electron chi connectivity index (χ1n) is 7.87. The van der Waals surface area contributed by atoms with Gasteiger partial charge in [0.05, 0.1) is 12.5 Å². The minimum Gasteiger partial charge on any atom is -0.348 e. The maximum absolute atomic E-state index is 12.6. The van der Waals surface area contributed by atoms with Gasteiger partial charge in [-0.15, -0.1) is 22.7 Å². The van der Waals surface area contributed by atoms with Crippen molar-refractivity contribution in [2.75, 3.05) is 5.32 Å². The Labute approximate surface area is 154 Å². The van der Waals surface area contributed by atoms with Gasteiger partial charge in [0, 0.05) is 27.9 Å². The zero-order valence-electron chi connectivity index (χ0n) is 13.7. The summed E-state index contributed by atoms with van der Waals surface area (Å²) >= 11 is 3.16. The molecule has 1 aromatic carbocycles. The molecule has 128 valence electrons. The summed E-state index contributed by atoms with van der Waals surface area (Å²) in [6, 6.07) is 15.3. The van der Waals surface area contributed by atoms with Gasteiger partial charge >= 0.3 is 0 Å². The minimum atomic E-state index is -0.314. The smallest absolute Gasteiger partial charge is 0.226 e. The third kappa shape index (κ3) is 4.55. The summed E-state index contributed by atoms with van der Waals surface area (Å²) in [5.74, 6) is -0.277. The van der Waals surface area contributed by atoms with Crippen LogP contribution in [0.15, 0.2) is 59.3 Å². The highest BCUT2D eigenvalue weighted by atomic mass is 32.1. The van der Waals surface area contributed by atoms with Crippen LogP contribution in [0.5, 0.6) is 0 Å². The Kier molecular flexibility index (Phi) is 5.63. The molecule has 0 saturated carbocycles. The molecule has 0 aliphatic carbocycles. The third-order valence-electron chi connectivity index (χ3n) is 3.64. The second-order valence-electron chi connectivity index (χ2n) is 5.54. The van der Waals surface area contributed by atoms with Crippen molar-refractivity contribution in [3.05, 3.63) is 64.2 Å². The van der Waals surface area contributed by atoms with E-state index in [4.69, 9.17) is 0 Å². The molecule has 0 aliphatic rings. The van der Waals surface area contributed by atoms with Crippen molar-refractivity contribution in [3.8, 4) is 10.4 Å². The van der Waals surface area contributed by atoms with Gasteiger partial charge in [-0.3, -0.25) is 9.59 Å².